The Morgan fingerprint density at radius 1 is 1.33 bits per heavy atom. The van der Waals surface area contributed by atoms with Gasteiger partial charge in [0.1, 0.15) is 6.61 Å². The zero-order valence-electron chi connectivity index (χ0n) is 12.8. The predicted molar refractivity (Wildman–Crippen MR) is 88.4 cm³/mol. The van der Waals surface area contributed by atoms with Gasteiger partial charge >= 0.3 is 0 Å². The molecule has 0 saturated heterocycles. The molecule has 21 heavy (non-hydrogen) atoms. The highest BCUT2D eigenvalue weighted by Gasteiger charge is 2.06. The third-order valence-electron chi connectivity index (χ3n) is 3.21. The average Bonchev–Trinajstić information content (AvgIpc) is 2.76. The lowest BCUT2D eigenvalue weighted by molar-refractivity contribution is 0.278. The van der Waals surface area contributed by atoms with Crippen LogP contribution < -0.4 is 10.1 Å². The molecule has 2 aromatic rings. The van der Waals surface area contributed by atoms with Gasteiger partial charge in [0.05, 0.1) is 5.69 Å². The summed E-state index contributed by atoms with van der Waals surface area (Å²) in [6, 6.07) is 8.34. The third kappa shape index (κ3) is 4.58. The quantitative estimate of drug-likeness (QED) is 0.775. The number of aryl methyl sites for hydroxylation is 2. The molecule has 0 bridgehead atoms. The van der Waals surface area contributed by atoms with Crippen LogP contribution in [0.4, 0.5) is 0 Å². The van der Waals surface area contributed by atoms with Gasteiger partial charge in [-0.25, -0.2) is 4.68 Å². The molecule has 114 valence electrons. The SMILES string of the molecule is CCCNCc1ccc(COc2cc(C)nn2C)c(Br)c1. The zero-order chi connectivity index (χ0) is 15.2. The Labute approximate surface area is 134 Å². The summed E-state index contributed by atoms with van der Waals surface area (Å²) in [6.07, 6.45) is 1.15. The summed E-state index contributed by atoms with van der Waals surface area (Å²) in [7, 11) is 1.89. The van der Waals surface area contributed by atoms with Gasteiger partial charge in [-0.05, 0) is 31.5 Å². The van der Waals surface area contributed by atoms with E-state index in [9.17, 15) is 0 Å². The Bertz CT molecular complexity index is 595. The van der Waals surface area contributed by atoms with Crippen LogP contribution in [-0.4, -0.2) is 16.3 Å². The number of benzene rings is 1. The Kier molecular flexibility index (Phi) is 5.82. The van der Waals surface area contributed by atoms with Crippen molar-refractivity contribution in [3.8, 4) is 5.88 Å². The third-order valence-corrected chi connectivity index (χ3v) is 3.95. The van der Waals surface area contributed by atoms with E-state index in [2.05, 4.69) is 51.5 Å². The molecule has 0 amide bonds. The van der Waals surface area contributed by atoms with Crippen molar-refractivity contribution in [2.24, 2.45) is 7.05 Å². The molecule has 5 heteroatoms. The topological polar surface area (TPSA) is 39.1 Å². The number of hydrogen-bond donors (Lipinski definition) is 1. The van der Waals surface area contributed by atoms with E-state index in [1.54, 1.807) is 4.68 Å². The van der Waals surface area contributed by atoms with Crippen molar-refractivity contribution in [2.75, 3.05) is 6.54 Å². The van der Waals surface area contributed by atoms with Crippen LogP contribution in [0.3, 0.4) is 0 Å². The predicted octanol–water partition coefficient (Wildman–Crippen LogP) is 3.57. The van der Waals surface area contributed by atoms with E-state index in [0.29, 0.717) is 6.61 Å². The normalized spacial score (nSPS) is 10.9. The maximum Gasteiger partial charge on any atom is 0.212 e. The number of nitrogens with one attached hydrogen (secondary N) is 1. The highest BCUT2D eigenvalue weighted by atomic mass is 79.9. The van der Waals surface area contributed by atoms with Gasteiger partial charge < -0.3 is 10.1 Å². The molecule has 4 nitrogen and oxygen atoms in total. The van der Waals surface area contributed by atoms with Crippen molar-refractivity contribution < 1.29 is 4.74 Å². The molecule has 0 fully saturated rings. The van der Waals surface area contributed by atoms with Gasteiger partial charge in [-0.1, -0.05) is 35.0 Å². The highest BCUT2D eigenvalue weighted by Crippen LogP contribution is 2.21. The molecular weight excluding hydrogens is 330 g/mol. The summed E-state index contributed by atoms with van der Waals surface area (Å²) in [5.41, 5.74) is 3.37. The van der Waals surface area contributed by atoms with Gasteiger partial charge in [-0.15, -0.1) is 0 Å². The largest absolute Gasteiger partial charge is 0.473 e. The number of halogens is 1. The van der Waals surface area contributed by atoms with Gasteiger partial charge in [-0.2, -0.15) is 5.10 Å². The fourth-order valence-electron chi connectivity index (χ4n) is 2.10. The van der Waals surface area contributed by atoms with Crippen molar-refractivity contribution in [3.63, 3.8) is 0 Å². The minimum Gasteiger partial charge on any atom is -0.473 e. The van der Waals surface area contributed by atoms with E-state index < -0.39 is 0 Å². The smallest absolute Gasteiger partial charge is 0.212 e. The molecule has 0 aliphatic carbocycles. The van der Waals surface area contributed by atoms with Gasteiger partial charge in [0.25, 0.3) is 0 Å². The van der Waals surface area contributed by atoms with Crippen LogP contribution in [0.2, 0.25) is 0 Å². The standard InChI is InChI=1S/C16H22BrN3O/c1-4-7-18-10-13-5-6-14(15(17)9-13)11-21-16-8-12(2)19-20(16)3/h5-6,8-9,18H,4,7,10-11H2,1-3H3. The second-order valence-electron chi connectivity index (χ2n) is 5.14. The number of hydrogen-bond acceptors (Lipinski definition) is 3. The molecule has 0 aliphatic rings. The van der Waals surface area contributed by atoms with Crippen molar-refractivity contribution in [1.82, 2.24) is 15.1 Å². The van der Waals surface area contributed by atoms with Crippen LogP contribution in [0.25, 0.3) is 0 Å². The Morgan fingerprint density at radius 2 is 2.14 bits per heavy atom. The Morgan fingerprint density at radius 3 is 2.76 bits per heavy atom. The summed E-state index contributed by atoms with van der Waals surface area (Å²) >= 11 is 3.62. The van der Waals surface area contributed by atoms with Gasteiger partial charge in [0.2, 0.25) is 5.88 Å². The first kappa shape index (κ1) is 16.0. The fraction of sp³-hybridized carbons (Fsp3) is 0.438. The van der Waals surface area contributed by atoms with E-state index >= 15 is 0 Å². The van der Waals surface area contributed by atoms with Crippen LogP contribution in [0.5, 0.6) is 5.88 Å². The van der Waals surface area contributed by atoms with Gasteiger partial charge in [0, 0.05) is 29.7 Å². The van der Waals surface area contributed by atoms with Crippen LogP contribution in [-0.2, 0) is 20.2 Å². The average molecular weight is 352 g/mol. The first-order valence-corrected chi connectivity index (χ1v) is 8.01. The van der Waals surface area contributed by atoms with Crippen LogP contribution in [0.15, 0.2) is 28.7 Å². The van der Waals surface area contributed by atoms with Crippen molar-refractivity contribution >= 4 is 15.9 Å². The lowest BCUT2D eigenvalue weighted by Gasteiger charge is -2.10. The minimum atomic E-state index is 0.530. The molecule has 1 aromatic heterocycles. The monoisotopic (exact) mass is 351 g/mol. The van der Waals surface area contributed by atoms with Crippen LogP contribution >= 0.6 is 15.9 Å². The summed E-state index contributed by atoms with van der Waals surface area (Å²) in [4.78, 5) is 0. The maximum absolute atomic E-state index is 5.82. The van der Waals surface area contributed by atoms with Crippen molar-refractivity contribution in [3.05, 3.63) is 45.6 Å². The Balaban J connectivity index is 1.96. The molecule has 0 atom stereocenters. The summed E-state index contributed by atoms with van der Waals surface area (Å²) < 4.78 is 8.65. The molecule has 0 radical (unpaired) electrons. The molecule has 1 N–H and O–H groups in total. The summed E-state index contributed by atoms with van der Waals surface area (Å²) in [5.74, 6) is 0.785. The molecule has 0 aliphatic heterocycles. The summed E-state index contributed by atoms with van der Waals surface area (Å²) in [6.45, 7) is 6.60. The van der Waals surface area contributed by atoms with Crippen molar-refractivity contribution in [2.45, 2.75) is 33.4 Å². The first-order chi connectivity index (χ1) is 10.1. The van der Waals surface area contributed by atoms with Crippen LogP contribution in [0, 0.1) is 6.92 Å². The van der Waals surface area contributed by atoms with Crippen molar-refractivity contribution in [1.29, 1.82) is 0 Å². The van der Waals surface area contributed by atoms with Gasteiger partial charge in [-0.3, -0.25) is 0 Å². The summed E-state index contributed by atoms with van der Waals surface area (Å²) in [5, 5.41) is 7.68. The lowest BCUT2D eigenvalue weighted by Crippen LogP contribution is -2.13. The number of rotatable bonds is 7. The van der Waals surface area contributed by atoms with Crippen LogP contribution in [0.1, 0.15) is 30.2 Å². The Hall–Kier alpha value is -1.33. The molecular formula is C16H22BrN3O. The minimum absolute atomic E-state index is 0.530. The highest BCUT2D eigenvalue weighted by molar-refractivity contribution is 9.10. The van der Waals surface area contributed by atoms with E-state index in [4.69, 9.17) is 4.74 Å². The van der Waals surface area contributed by atoms with E-state index in [1.807, 2.05) is 20.0 Å². The molecule has 1 aromatic carbocycles. The zero-order valence-corrected chi connectivity index (χ0v) is 14.4. The molecule has 0 unspecified atom stereocenters. The van der Waals surface area contributed by atoms with E-state index in [0.717, 1.165) is 41.1 Å². The molecule has 1 heterocycles. The molecule has 2 rings (SSSR count). The fourth-order valence-corrected chi connectivity index (χ4v) is 2.64. The van der Waals surface area contributed by atoms with E-state index in [-0.39, 0.29) is 0 Å². The number of ether oxygens (including phenoxy) is 1. The lowest BCUT2D eigenvalue weighted by atomic mass is 10.1. The number of nitrogens with zero attached hydrogens (tertiary/aromatic N) is 2. The first-order valence-electron chi connectivity index (χ1n) is 7.21. The van der Waals surface area contributed by atoms with Gasteiger partial charge in [0.15, 0.2) is 0 Å². The molecule has 0 spiro atoms. The second kappa shape index (κ2) is 7.61. The molecule has 0 saturated carbocycles. The second-order valence-corrected chi connectivity index (χ2v) is 5.99. The number of aromatic nitrogens is 2. The maximum atomic E-state index is 5.82. The van der Waals surface area contributed by atoms with E-state index in [1.165, 1.54) is 5.56 Å².